The van der Waals surface area contributed by atoms with Gasteiger partial charge in [0.2, 0.25) is 0 Å². The van der Waals surface area contributed by atoms with Crippen molar-refractivity contribution in [2.45, 2.75) is 6.42 Å². The Hall–Kier alpha value is -2.89. The molecule has 0 fully saturated rings. The van der Waals surface area contributed by atoms with Gasteiger partial charge in [0.15, 0.2) is 17.5 Å². The molecule has 2 rings (SSSR count). The summed E-state index contributed by atoms with van der Waals surface area (Å²) in [6, 6.07) is 15.5. The summed E-state index contributed by atoms with van der Waals surface area (Å²) in [7, 11) is 3.24. The van der Waals surface area contributed by atoms with E-state index in [1.807, 2.05) is 48.5 Å². The second-order valence-electron chi connectivity index (χ2n) is 5.29. The Morgan fingerprint density at radius 2 is 1.80 bits per heavy atom. The zero-order valence-electron chi connectivity index (χ0n) is 14.7. The van der Waals surface area contributed by atoms with Crippen LogP contribution in [0.1, 0.15) is 5.56 Å². The molecule has 134 valence electrons. The van der Waals surface area contributed by atoms with Gasteiger partial charge >= 0.3 is 0 Å². The summed E-state index contributed by atoms with van der Waals surface area (Å²) in [5.74, 6) is 2.69. The van der Waals surface area contributed by atoms with Crippen molar-refractivity contribution in [1.82, 2.24) is 5.32 Å². The van der Waals surface area contributed by atoms with Crippen LogP contribution in [-0.4, -0.2) is 39.9 Å². The van der Waals surface area contributed by atoms with Crippen molar-refractivity contribution in [1.29, 1.82) is 0 Å². The van der Waals surface area contributed by atoms with Crippen LogP contribution >= 0.6 is 0 Å². The number of nitrogens with one attached hydrogen (secondary N) is 1. The second kappa shape index (κ2) is 10.1. The molecule has 0 aliphatic carbocycles. The lowest BCUT2D eigenvalue weighted by atomic mass is 10.1. The second-order valence-corrected chi connectivity index (χ2v) is 5.29. The van der Waals surface area contributed by atoms with E-state index in [1.165, 1.54) is 0 Å². The Morgan fingerprint density at radius 3 is 2.52 bits per heavy atom. The summed E-state index contributed by atoms with van der Waals surface area (Å²) in [5, 5.41) is 3.04. The normalized spacial score (nSPS) is 11.0. The molecule has 0 amide bonds. The van der Waals surface area contributed by atoms with Gasteiger partial charge in [-0.05, 0) is 36.2 Å². The fourth-order valence-corrected chi connectivity index (χ4v) is 2.26. The van der Waals surface area contributed by atoms with Crippen LogP contribution in [0.15, 0.2) is 53.5 Å². The Labute approximate surface area is 148 Å². The quantitative estimate of drug-likeness (QED) is 0.415. The summed E-state index contributed by atoms with van der Waals surface area (Å²) in [4.78, 5) is 4.32. The number of hydrogen-bond donors (Lipinski definition) is 2. The van der Waals surface area contributed by atoms with Crippen molar-refractivity contribution in [3.63, 3.8) is 0 Å². The lowest BCUT2D eigenvalue weighted by Crippen LogP contribution is -2.34. The first-order chi connectivity index (χ1) is 12.2. The predicted octanol–water partition coefficient (Wildman–Crippen LogP) is 2.23. The largest absolute Gasteiger partial charge is 0.493 e. The van der Waals surface area contributed by atoms with E-state index >= 15 is 0 Å². The lowest BCUT2D eigenvalue weighted by Gasteiger charge is -2.09. The molecular weight excluding hydrogens is 318 g/mol. The molecule has 0 aliphatic heterocycles. The number of rotatable bonds is 9. The highest BCUT2D eigenvalue weighted by atomic mass is 16.5. The summed E-state index contributed by atoms with van der Waals surface area (Å²) < 4.78 is 16.1. The molecule has 0 bridgehead atoms. The van der Waals surface area contributed by atoms with E-state index in [4.69, 9.17) is 19.9 Å². The highest BCUT2D eigenvalue weighted by Gasteiger charge is 2.04. The average molecular weight is 343 g/mol. The first kappa shape index (κ1) is 18.4. The van der Waals surface area contributed by atoms with Gasteiger partial charge in [-0.2, -0.15) is 0 Å². The van der Waals surface area contributed by atoms with Gasteiger partial charge in [-0.1, -0.05) is 24.3 Å². The Balaban J connectivity index is 1.70. The molecule has 0 atom stereocenters. The predicted molar refractivity (Wildman–Crippen MR) is 99.7 cm³/mol. The topological polar surface area (TPSA) is 78.1 Å². The monoisotopic (exact) mass is 343 g/mol. The number of nitrogens with two attached hydrogens (primary N) is 1. The summed E-state index contributed by atoms with van der Waals surface area (Å²) >= 11 is 0. The third-order valence-corrected chi connectivity index (χ3v) is 3.55. The Kier molecular flexibility index (Phi) is 7.43. The number of methoxy groups -OCH3 is 2. The van der Waals surface area contributed by atoms with Crippen molar-refractivity contribution in [3.05, 3.63) is 54.1 Å². The van der Waals surface area contributed by atoms with Crippen molar-refractivity contribution < 1.29 is 14.2 Å². The van der Waals surface area contributed by atoms with E-state index in [1.54, 1.807) is 14.2 Å². The maximum Gasteiger partial charge on any atom is 0.188 e. The number of aliphatic imine (C=N–C) groups is 1. The van der Waals surface area contributed by atoms with Crippen LogP contribution in [0.25, 0.3) is 0 Å². The van der Waals surface area contributed by atoms with Gasteiger partial charge in [-0.15, -0.1) is 0 Å². The standard InChI is InChI=1S/C19H25N3O3/c1-23-17-9-8-15(14-18(17)24-2)10-11-21-19(20)22-12-13-25-16-6-4-3-5-7-16/h3-9,14H,10-13H2,1-2H3,(H3,20,21,22). The summed E-state index contributed by atoms with van der Waals surface area (Å²) in [5.41, 5.74) is 6.97. The SMILES string of the molecule is COc1ccc(CCN=C(N)NCCOc2ccccc2)cc1OC. The minimum absolute atomic E-state index is 0.414. The van der Waals surface area contributed by atoms with Gasteiger partial charge < -0.3 is 25.3 Å². The molecule has 0 spiro atoms. The van der Waals surface area contributed by atoms with Crippen LogP contribution < -0.4 is 25.3 Å². The minimum Gasteiger partial charge on any atom is -0.493 e. The van der Waals surface area contributed by atoms with E-state index in [9.17, 15) is 0 Å². The van der Waals surface area contributed by atoms with Gasteiger partial charge in [0.1, 0.15) is 12.4 Å². The average Bonchev–Trinajstić information content (AvgIpc) is 2.66. The first-order valence-corrected chi connectivity index (χ1v) is 8.15. The zero-order chi connectivity index (χ0) is 17.9. The van der Waals surface area contributed by atoms with E-state index in [0.717, 1.165) is 17.7 Å². The van der Waals surface area contributed by atoms with Gasteiger partial charge in [0.05, 0.1) is 20.8 Å². The molecule has 2 aromatic carbocycles. The van der Waals surface area contributed by atoms with Crippen LogP contribution in [0.4, 0.5) is 0 Å². The van der Waals surface area contributed by atoms with E-state index in [-0.39, 0.29) is 0 Å². The molecule has 6 heteroatoms. The number of hydrogen-bond acceptors (Lipinski definition) is 4. The molecule has 0 saturated carbocycles. The van der Waals surface area contributed by atoms with E-state index in [0.29, 0.717) is 37.2 Å². The van der Waals surface area contributed by atoms with Gasteiger partial charge in [-0.3, -0.25) is 4.99 Å². The molecule has 0 aliphatic rings. The smallest absolute Gasteiger partial charge is 0.188 e. The fraction of sp³-hybridized carbons (Fsp3) is 0.316. The number of guanidine groups is 1. The molecule has 0 aromatic heterocycles. The molecule has 6 nitrogen and oxygen atoms in total. The molecule has 0 unspecified atom stereocenters. The minimum atomic E-state index is 0.414. The molecule has 2 aromatic rings. The fourth-order valence-electron chi connectivity index (χ4n) is 2.26. The number of nitrogens with zero attached hydrogens (tertiary/aromatic N) is 1. The highest BCUT2D eigenvalue weighted by molar-refractivity contribution is 5.77. The molecular formula is C19H25N3O3. The molecule has 25 heavy (non-hydrogen) atoms. The maximum atomic E-state index is 5.86. The molecule has 3 N–H and O–H groups in total. The molecule has 0 saturated heterocycles. The van der Waals surface area contributed by atoms with Crippen LogP contribution in [0.5, 0.6) is 17.2 Å². The van der Waals surface area contributed by atoms with Gasteiger partial charge in [0.25, 0.3) is 0 Å². The van der Waals surface area contributed by atoms with Crippen molar-refractivity contribution in [2.75, 3.05) is 33.9 Å². The highest BCUT2D eigenvalue weighted by Crippen LogP contribution is 2.27. The Bertz CT molecular complexity index is 675. The number of ether oxygens (including phenoxy) is 3. The van der Waals surface area contributed by atoms with Crippen molar-refractivity contribution in [2.24, 2.45) is 10.7 Å². The van der Waals surface area contributed by atoms with Gasteiger partial charge in [-0.25, -0.2) is 0 Å². The van der Waals surface area contributed by atoms with E-state index < -0.39 is 0 Å². The summed E-state index contributed by atoms with van der Waals surface area (Å²) in [6.45, 7) is 1.71. The third-order valence-electron chi connectivity index (χ3n) is 3.55. The molecule has 0 heterocycles. The van der Waals surface area contributed by atoms with Crippen LogP contribution in [0.2, 0.25) is 0 Å². The van der Waals surface area contributed by atoms with E-state index in [2.05, 4.69) is 10.3 Å². The third kappa shape index (κ3) is 6.25. The molecule has 0 radical (unpaired) electrons. The van der Waals surface area contributed by atoms with Crippen molar-refractivity contribution >= 4 is 5.96 Å². The number of para-hydroxylation sites is 1. The van der Waals surface area contributed by atoms with Crippen molar-refractivity contribution in [3.8, 4) is 17.2 Å². The summed E-state index contributed by atoms with van der Waals surface area (Å²) in [6.07, 6.45) is 0.767. The first-order valence-electron chi connectivity index (χ1n) is 8.15. The van der Waals surface area contributed by atoms with Crippen LogP contribution in [0, 0.1) is 0 Å². The van der Waals surface area contributed by atoms with Crippen LogP contribution in [0.3, 0.4) is 0 Å². The number of benzene rings is 2. The Morgan fingerprint density at radius 1 is 1.04 bits per heavy atom. The van der Waals surface area contributed by atoms with Gasteiger partial charge in [0, 0.05) is 6.54 Å². The van der Waals surface area contributed by atoms with Crippen LogP contribution in [-0.2, 0) is 6.42 Å². The lowest BCUT2D eigenvalue weighted by molar-refractivity contribution is 0.322. The maximum absolute atomic E-state index is 5.86. The zero-order valence-corrected chi connectivity index (χ0v) is 14.7.